The minimum absolute atomic E-state index is 0.149. The van der Waals surface area contributed by atoms with Gasteiger partial charge in [-0.1, -0.05) is 24.3 Å². The lowest BCUT2D eigenvalue weighted by molar-refractivity contribution is -0.133. The molecule has 1 N–H and O–H groups in total. The van der Waals surface area contributed by atoms with Crippen LogP contribution < -0.4 is 5.32 Å². The van der Waals surface area contributed by atoms with Crippen LogP contribution in [0, 0.1) is 6.92 Å². The van der Waals surface area contributed by atoms with Gasteiger partial charge in [0, 0.05) is 25.9 Å². The van der Waals surface area contributed by atoms with E-state index in [-0.39, 0.29) is 12.0 Å². The number of aryl methyl sites for hydroxylation is 1. The average molecular weight is 288 g/mol. The lowest BCUT2D eigenvalue weighted by atomic mass is 9.91. The monoisotopic (exact) mass is 288 g/mol. The Morgan fingerprint density at radius 3 is 2.67 bits per heavy atom. The van der Waals surface area contributed by atoms with Gasteiger partial charge in [-0.2, -0.15) is 0 Å². The number of nitrogens with one attached hydrogen (secondary N) is 1. The Bertz CT molecular complexity index is 562. The van der Waals surface area contributed by atoms with E-state index >= 15 is 0 Å². The summed E-state index contributed by atoms with van der Waals surface area (Å²) in [6.45, 7) is 3.89. The number of benzene rings is 1. The van der Waals surface area contributed by atoms with Crippen molar-refractivity contribution in [3.05, 3.63) is 35.4 Å². The van der Waals surface area contributed by atoms with Crippen LogP contribution in [0.3, 0.4) is 0 Å². The van der Waals surface area contributed by atoms with E-state index in [2.05, 4.69) is 5.32 Å². The molecule has 112 valence electrons. The number of amides is 2. The number of ether oxygens (including phenoxy) is 1. The summed E-state index contributed by atoms with van der Waals surface area (Å²) in [6, 6.07) is 7.97. The SMILES string of the molecule is Cc1ccccc1CC(=O)N1CCC2(CC1)CNC(=O)O2. The standard InChI is InChI=1S/C16H20N2O3/c1-12-4-2-3-5-13(12)10-14(19)18-8-6-16(7-9-18)11-17-15(20)21-16/h2-5H,6-11H2,1H3,(H,17,20). The molecule has 1 aromatic carbocycles. The van der Waals surface area contributed by atoms with Crippen LogP contribution in [-0.4, -0.2) is 42.1 Å². The molecular weight excluding hydrogens is 268 g/mol. The quantitative estimate of drug-likeness (QED) is 0.900. The smallest absolute Gasteiger partial charge is 0.407 e. The van der Waals surface area contributed by atoms with E-state index in [1.54, 1.807) is 0 Å². The number of hydrogen-bond donors (Lipinski definition) is 1. The molecule has 2 amide bonds. The first-order chi connectivity index (χ1) is 10.1. The number of rotatable bonds is 2. The maximum absolute atomic E-state index is 12.4. The highest BCUT2D eigenvalue weighted by molar-refractivity contribution is 5.79. The minimum atomic E-state index is -0.392. The normalized spacial score (nSPS) is 20.2. The Labute approximate surface area is 124 Å². The van der Waals surface area contributed by atoms with E-state index in [1.807, 2.05) is 36.1 Å². The Morgan fingerprint density at radius 2 is 2.05 bits per heavy atom. The number of nitrogens with zero attached hydrogens (tertiary/aromatic N) is 1. The average Bonchev–Trinajstić information content (AvgIpc) is 2.83. The van der Waals surface area contributed by atoms with Gasteiger partial charge < -0.3 is 15.0 Å². The van der Waals surface area contributed by atoms with E-state index in [0.717, 1.165) is 11.1 Å². The molecule has 0 atom stereocenters. The van der Waals surface area contributed by atoms with Gasteiger partial charge in [-0.3, -0.25) is 4.79 Å². The number of carbonyl (C=O) groups is 2. The zero-order valence-electron chi connectivity index (χ0n) is 12.2. The van der Waals surface area contributed by atoms with Crippen LogP contribution in [0.15, 0.2) is 24.3 Å². The second-order valence-electron chi connectivity index (χ2n) is 5.91. The summed E-state index contributed by atoms with van der Waals surface area (Å²) in [5.74, 6) is 0.149. The fourth-order valence-corrected chi connectivity index (χ4v) is 3.03. The van der Waals surface area contributed by atoms with Crippen LogP contribution in [0.4, 0.5) is 4.79 Å². The van der Waals surface area contributed by atoms with Gasteiger partial charge in [0.15, 0.2) is 0 Å². The third kappa shape index (κ3) is 2.86. The molecule has 3 rings (SSSR count). The molecule has 21 heavy (non-hydrogen) atoms. The summed E-state index contributed by atoms with van der Waals surface area (Å²) >= 11 is 0. The van der Waals surface area contributed by atoms with Crippen molar-refractivity contribution in [2.45, 2.75) is 31.8 Å². The molecule has 5 heteroatoms. The Hall–Kier alpha value is -2.04. The maximum Gasteiger partial charge on any atom is 0.407 e. The lowest BCUT2D eigenvalue weighted by Gasteiger charge is -2.37. The van der Waals surface area contributed by atoms with Crippen LogP contribution in [-0.2, 0) is 16.0 Å². The first-order valence-corrected chi connectivity index (χ1v) is 7.37. The van der Waals surface area contributed by atoms with Crippen LogP contribution in [0.2, 0.25) is 0 Å². The highest BCUT2D eigenvalue weighted by atomic mass is 16.6. The molecular formula is C16H20N2O3. The van der Waals surface area contributed by atoms with Gasteiger partial charge in [-0.15, -0.1) is 0 Å². The van der Waals surface area contributed by atoms with Gasteiger partial charge in [0.25, 0.3) is 0 Å². The van der Waals surface area contributed by atoms with Crippen molar-refractivity contribution in [3.63, 3.8) is 0 Å². The second-order valence-corrected chi connectivity index (χ2v) is 5.91. The van der Waals surface area contributed by atoms with Crippen molar-refractivity contribution in [2.75, 3.05) is 19.6 Å². The third-order valence-corrected chi connectivity index (χ3v) is 4.49. The van der Waals surface area contributed by atoms with Crippen molar-refractivity contribution >= 4 is 12.0 Å². The lowest BCUT2D eigenvalue weighted by Crippen LogP contribution is -2.48. The van der Waals surface area contributed by atoms with E-state index in [4.69, 9.17) is 4.74 Å². The molecule has 2 aliphatic heterocycles. The molecule has 0 unspecified atom stereocenters. The van der Waals surface area contributed by atoms with Gasteiger partial charge >= 0.3 is 6.09 Å². The molecule has 0 bridgehead atoms. The van der Waals surface area contributed by atoms with Crippen LogP contribution in [0.1, 0.15) is 24.0 Å². The van der Waals surface area contributed by atoms with Gasteiger partial charge in [0.05, 0.1) is 13.0 Å². The number of carbonyl (C=O) groups excluding carboxylic acids is 2. The fourth-order valence-electron chi connectivity index (χ4n) is 3.03. The second kappa shape index (κ2) is 5.39. The predicted octanol–water partition coefficient (Wildman–Crippen LogP) is 1.64. The topological polar surface area (TPSA) is 58.6 Å². The van der Waals surface area contributed by atoms with Crippen LogP contribution in [0.25, 0.3) is 0 Å². The minimum Gasteiger partial charge on any atom is -0.441 e. The van der Waals surface area contributed by atoms with Crippen LogP contribution >= 0.6 is 0 Å². The summed E-state index contributed by atoms with van der Waals surface area (Å²) in [5, 5.41) is 2.71. The highest BCUT2D eigenvalue weighted by Gasteiger charge is 2.43. The van der Waals surface area contributed by atoms with E-state index in [1.165, 1.54) is 0 Å². The molecule has 2 saturated heterocycles. The molecule has 2 heterocycles. The number of hydrogen-bond acceptors (Lipinski definition) is 3. The molecule has 2 fully saturated rings. The van der Waals surface area contributed by atoms with Gasteiger partial charge in [0.2, 0.25) is 5.91 Å². The first-order valence-electron chi connectivity index (χ1n) is 7.37. The predicted molar refractivity (Wildman–Crippen MR) is 77.9 cm³/mol. The Balaban J connectivity index is 1.58. The van der Waals surface area contributed by atoms with E-state index < -0.39 is 5.60 Å². The van der Waals surface area contributed by atoms with Gasteiger partial charge in [-0.05, 0) is 18.1 Å². The Kier molecular flexibility index (Phi) is 3.57. The number of piperidine rings is 1. The number of likely N-dealkylation sites (tertiary alicyclic amines) is 1. The largest absolute Gasteiger partial charge is 0.441 e. The maximum atomic E-state index is 12.4. The summed E-state index contributed by atoms with van der Waals surface area (Å²) in [7, 11) is 0. The molecule has 1 spiro atoms. The van der Waals surface area contributed by atoms with Crippen molar-refractivity contribution in [2.24, 2.45) is 0 Å². The molecule has 0 aliphatic carbocycles. The van der Waals surface area contributed by atoms with Crippen molar-refractivity contribution < 1.29 is 14.3 Å². The molecule has 5 nitrogen and oxygen atoms in total. The molecule has 0 radical (unpaired) electrons. The Morgan fingerprint density at radius 1 is 1.33 bits per heavy atom. The first kappa shape index (κ1) is 13.9. The van der Waals surface area contributed by atoms with Gasteiger partial charge in [0.1, 0.15) is 5.60 Å². The summed E-state index contributed by atoms with van der Waals surface area (Å²) < 4.78 is 5.37. The van der Waals surface area contributed by atoms with Gasteiger partial charge in [-0.25, -0.2) is 4.79 Å². The zero-order valence-corrected chi connectivity index (χ0v) is 12.2. The number of alkyl carbamates (subject to hydrolysis) is 1. The molecule has 1 aromatic rings. The van der Waals surface area contributed by atoms with E-state index in [9.17, 15) is 9.59 Å². The zero-order chi connectivity index (χ0) is 14.9. The highest BCUT2D eigenvalue weighted by Crippen LogP contribution is 2.29. The molecule has 2 aliphatic rings. The summed E-state index contributed by atoms with van der Waals surface area (Å²) in [4.78, 5) is 25.5. The van der Waals surface area contributed by atoms with Crippen molar-refractivity contribution in [1.82, 2.24) is 10.2 Å². The third-order valence-electron chi connectivity index (χ3n) is 4.49. The fraction of sp³-hybridized carbons (Fsp3) is 0.500. The molecule has 0 aromatic heterocycles. The molecule has 0 saturated carbocycles. The summed E-state index contributed by atoms with van der Waals surface area (Å²) in [6.07, 6.45) is 1.53. The summed E-state index contributed by atoms with van der Waals surface area (Å²) in [5.41, 5.74) is 1.83. The van der Waals surface area contributed by atoms with Crippen molar-refractivity contribution in [1.29, 1.82) is 0 Å². The van der Waals surface area contributed by atoms with Crippen molar-refractivity contribution in [3.8, 4) is 0 Å². The van der Waals surface area contributed by atoms with E-state index in [0.29, 0.717) is 38.9 Å². The van der Waals surface area contributed by atoms with Crippen LogP contribution in [0.5, 0.6) is 0 Å².